The van der Waals surface area contributed by atoms with E-state index in [1.54, 1.807) is 0 Å². The predicted molar refractivity (Wildman–Crippen MR) is 245 cm³/mol. The molecule has 0 spiro atoms. The fraction of sp³-hybridized carbons (Fsp3) is 0.891. The molecule has 54 heavy (non-hydrogen) atoms. The van der Waals surface area contributed by atoms with Gasteiger partial charge in [0.25, 0.3) is 0 Å². The van der Waals surface area contributed by atoms with Crippen LogP contribution in [-0.2, 0) is 22.8 Å². The van der Waals surface area contributed by atoms with Crippen LogP contribution < -0.4 is 0 Å². The molecule has 320 valence electrons. The van der Waals surface area contributed by atoms with Crippen LogP contribution >= 0.6 is 0 Å². The van der Waals surface area contributed by atoms with E-state index in [4.69, 9.17) is 18.0 Å². The highest BCUT2D eigenvalue weighted by atomic mass is 28.4. The van der Waals surface area contributed by atoms with Gasteiger partial charge in [-0.05, 0) is 80.1 Å². The van der Waals surface area contributed by atoms with E-state index in [0.29, 0.717) is 12.8 Å². The van der Waals surface area contributed by atoms with Gasteiger partial charge in [-0.1, -0.05) is 159 Å². The maximum Gasteiger partial charge on any atom is 0.330 e. The summed E-state index contributed by atoms with van der Waals surface area (Å²) >= 11 is 0. The second-order valence-corrected chi connectivity index (χ2v) is 35.3. The van der Waals surface area contributed by atoms with Gasteiger partial charge in [-0.3, -0.25) is 0 Å². The maximum absolute atomic E-state index is 12.4. The molecule has 8 heteroatoms. The molecule has 0 saturated heterocycles. The molecule has 0 aliphatic carbocycles. The fourth-order valence-electron chi connectivity index (χ4n) is 6.22. The van der Waals surface area contributed by atoms with Gasteiger partial charge in [-0.2, -0.15) is 0 Å². The molecule has 5 nitrogen and oxygen atoms in total. The van der Waals surface area contributed by atoms with Gasteiger partial charge in [-0.15, -0.1) is 6.58 Å². The highest BCUT2D eigenvalue weighted by Gasteiger charge is 2.43. The second-order valence-electron chi connectivity index (χ2n) is 21.0. The molecule has 0 aromatic carbocycles. The first kappa shape index (κ1) is 53.5. The summed E-state index contributed by atoms with van der Waals surface area (Å²) in [5, 5.41) is 0.283. The number of carbonyl (C=O) groups is 1. The zero-order chi connectivity index (χ0) is 41.9. The molecule has 0 aromatic heterocycles. The maximum atomic E-state index is 12.4. The van der Waals surface area contributed by atoms with E-state index >= 15 is 0 Å². The average Bonchev–Trinajstić information content (AvgIpc) is 3.01. The van der Waals surface area contributed by atoms with E-state index in [2.05, 4.69) is 122 Å². The lowest BCUT2D eigenvalue weighted by Crippen LogP contribution is -2.48. The van der Waals surface area contributed by atoms with Crippen LogP contribution in [0.25, 0.3) is 0 Å². The molecule has 0 bridgehead atoms. The molecule has 0 aliphatic rings. The van der Waals surface area contributed by atoms with Gasteiger partial charge < -0.3 is 18.0 Å². The van der Waals surface area contributed by atoms with Crippen LogP contribution in [-0.4, -0.2) is 55.3 Å². The summed E-state index contributed by atoms with van der Waals surface area (Å²) in [6.07, 6.45) is 24.2. The minimum atomic E-state index is -2.16. The van der Waals surface area contributed by atoms with E-state index in [1.165, 1.54) is 83.1 Å². The Morgan fingerprint density at radius 3 is 1.26 bits per heavy atom. The molecule has 4 atom stereocenters. The molecule has 0 fully saturated rings. The van der Waals surface area contributed by atoms with Crippen molar-refractivity contribution in [3.63, 3.8) is 0 Å². The Kier molecular flexibility index (Phi) is 24.8. The van der Waals surface area contributed by atoms with Crippen molar-refractivity contribution >= 4 is 30.9 Å². The van der Waals surface area contributed by atoms with Gasteiger partial charge >= 0.3 is 5.97 Å². The largest absolute Gasteiger partial charge is 0.459 e. The third kappa shape index (κ3) is 21.9. The highest BCUT2D eigenvalue weighted by Crippen LogP contribution is 2.42. The van der Waals surface area contributed by atoms with Crippen molar-refractivity contribution in [1.29, 1.82) is 0 Å². The SMILES string of the molecule is C=CC[C@@H](C[C@H](C[C@H](CC[C@H](CCCCCCCCCCCCCC)O[Si](C)(C)C(C)(C)C)O[Si](C)(C)C(C)(C)C)O[Si](C)(C)C(C)(C)C)OC(=O)C=C. The lowest BCUT2D eigenvalue weighted by molar-refractivity contribution is -0.144. The second kappa shape index (κ2) is 25.1. The van der Waals surface area contributed by atoms with Crippen molar-refractivity contribution < 1.29 is 22.8 Å². The molecule has 0 saturated carbocycles. The Morgan fingerprint density at radius 1 is 0.519 bits per heavy atom. The number of carbonyl (C=O) groups excluding carboxylic acids is 1. The smallest absolute Gasteiger partial charge is 0.330 e. The first-order valence-corrected chi connectivity index (χ1v) is 30.9. The van der Waals surface area contributed by atoms with Crippen molar-refractivity contribution in [2.24, 2.45) is 0 Å². The Balaban J connectivity index is 6.18. The molecule has 0 aromatic rings. The summed E-state index contributed by atoms with van der Waals surface area (Å²) < 4.78 is 27.6. The van der Waals surface area contributed by atoms with Gasteiger partial charge in [0.05, 0.1) is 6.10 Å². The monoisotopic (exact) mass is 811 g/mol. The summed E-state index contributed by atoms with van der Waals surface area (Å²) in [6.45, 7) is 45.0. The van der Waals surface area contributed by atoms with Gasteiger partial charge in [0.1, 0.15) is 6.10 Å². The van der Waals surface area contributed by atoms with Crippen molar-refractivity contribution in [3.8, 4) is 0 Å². The Bertz CT molecular complexity index is 1030. The quantitative estimate of drug-likeness (QED) is 0.0238. The Morgan fingerprint density at radius 2 is 0.870 bits per heavy atom. The Labute approximate surface area is 341 Å². The van der Waals surface area contributed by atoms with Crippen molar-refractivity contribution in [2.75, 3.05) is 0 Å². The van der Waals surface area contributed by atoms with Crippen molar-refractivity contribution in [1.82, 2.24) is 0 Å². The zero-order valence-corrected chi connectivity index (χ0v) is 42.1. The molecule has 0 unspecified atom stereocenters. The number of esters is 1. The van der Waals surface area contributed by atoms with Crippen LogP contribution in [0.3, 0.4) is 0 Å². The number of rotatable bonds is 30. The van der Waals surface area contributed by atoms with Crippen LogP contribution in [0.5, 0.6) is 0 Å². The molecule has 0 N–H and O–H groups in total. The van der Waals surface area contributed by atoms with E-state index in [-0.39, 0.29) is 39.5 Å². The van der Waals surface area contributed by atoms with E-state index in [0.717, 1.165) is 25.7 Å². The molecule has 0 heterocycles. The molecule has 0 radical (unpaired) electrons. The summed E-state index contributed by atoms with van der Waals surface area (Å²) in [4.78, 5) is 12.4. The van der Waals surface area contributed by atoms with Crippen molar-refractivity contribution in [2.45, 2.75) is 264 Å². The van der Waals surface area contributed by atoms with Gasteiger partial charge in [-0.25, -0.2) is 4.79 Å². The van der Waals surface area contributed by atoms with Gasteiger partial charge in [0.15, 0.2) is 25.0 Å². The van der Waals surface area contributed by atoms with E-state index in [9.17, 15) is 4.79 Å². The summed E-state index contributed by atoms with van der Waals surface area (Å²) in [5.74, 6) is -0.398. The molecular weight excluding hydrogens is 717 g/mol. The lowest BCUT2D eigenvalue weighted by atomic mass is 9.98. The van der Waals surface area contributed by atoms with Crippen molar-refractivity contribution in [3.05, 3.63) is 25.3 Å². The van der Waals surface area contributed by atoms with Crippen LogP contribution in [0.2, 0.25) is 54.4 Å². The predicted octanol–water partition coefficient (Wildman–Crippen LogP) is 15.5. The summed E-state index contributed by atoms with van der Waals surface area (Å²) in [5.41, 5.74) is 0. The van der Waals surface area contributed by atoms with Gasteiger partial charge in [0, 0.05) is 31.1 Å². The third-order valence-electron chi connectivity index (χ3n) is 12.9. The summed E-state index contributed by atoms with van der Waals surface area (Å²) in [7, 11) is -6.25. The van der Waals surface area contributed by atoms with E-state index in [1.807, 2.05) is 6.08 Å². The first-order valence-electron chi connectivity index (χ1n) is 22.2. The number of hydrogen-bond donors (Lipinski definition) is 0. The molecule has 0 aliphatic heterocycles. The van der Waals surface area contributed by atoms with E-state index < -0.39 is 30.9 Å². The van der Waals surface area contributed by atoms with Crippen LogP contribution in [0.4, 0.5) is 0 Å². The normalized spacial score (nSPS) is 15.8. The van der Waals surface area contributed by atoms with Gasteiger partial charge in [0.2, 0.25) is 0 Å². The van der Waals surface area contributed by atoms with Crippen LogP contribution in [0.15, 0.2) is 25.3 Å². The third-order valence-corrected chi connectivity index (χ3v) is 26.5. The van der Waals surface area contributed by atoms with Crippen LogP contribution in [0, 0.1) is 0 Å². The zero-order valence-electron chi connectivity index (χ0n) is 39.1. The standard InChI is InChI=1S/C46H94O5Si3/c1-19-22-23-24-25-26-27-28-29-30-31-32-34-39(49-52(13,14)44(4,5)6)35-36-41(50-53(15,16)45(7,8)9)38-42(51-54(17,18)46(10,11)12)37-40(33-20-2)48-43(47)21-3/h20-21,39-42H,2-3,19,22-38H2,1,4-18H3/t39-,40-,41-,42+/m0/s1. The minimum Gasteiger partial charge on any atom is -0.459 e. The number of unbranched alkanes of at least 4 members (excludes halogenated alkanes) is 11. The number of ether oxygens (including phenoxy) is 1. The fourth-order valence-corrected chi connectivity index (χ4v) is 10.4. The average molecular weight is 812 g/mol. The first-order chi connectivity index (χ1) is 24.7. The molecular formula is C46H94O5Si3. The lowest BCUT2D eigenvalue weighted by Gasteiger charge is -2.43. The minimum absolute atomic E-state index is 0.0210. The van der Waals surface area contributed by atoms with Crippen LogP contribution in [0.1, 0.15) is 185 Å². The number of hydrogen-bond acceptors (Lipinski definition) is 5. The topological polar surface area (TPSA) is 54.0 Å². The molecule has 0 amide bonds. The molecule has 0 rings (SSSR count). The summed E-state index contributed by atoms with van der Waals surface area (Å²) in [6, 6.07) is 0. The Hall–Kier alpha value is -0.519. The highest BCUT2D eigenvalue weighted by molar-refractivity contribution is 6.75.